The maximum Gasteiger partial charge on any atom is 0.123 e. The lowest BCUT2D eigenvalue weighted by atomic mass is 9.87. The molecule has 0 fully saturated rings. The molecule has 3 aromatic heterocycles. The highest BCUT2D eigenvalue weighted by Gasteiger charge is 2.19. The fourth-order valence-corrected chi connectivity index (χ4v) is 9.53. The third-order valence-electron chi connectivity index (χ3n) is 13.1. The van der Waals surface area contributed by atoms with Crippen LogP contribution in [0.3, 0.4) is 0 Å². The Morgan fingerprint density at radius 3 is 1.19 bits per heavy atom. The molecule has 0 saturated carbocycles. The van der Waals surface area contributed by atoms with E-state index < -0.39 is 0 Å². The quantitative estimate of drug-likeness (QED) is 0.130. The van der Waals surface area contributed by atoms with Crippen LogP contribution in [0.25, 0.3) is 112 Å². The summed E-state index contributed by atoms with van der Waals surface area (Å²) in [6.45, 7) is 0. The molecule has 7 heteroatoms. The second kappa shape index (κ2) is 19.1. The zero-order valence-corrected chi connectivity index (χ0v) is 38.8. The number of halogens is 2. The molecule has 0 aliphatic carbocycles. The Balaban J connectivity index is 0.959. The lowest BCUT2D eigenvalue weighted by molar-refractivity contribution is 0.628. The fraction of sp³-hybridized carbons (Fsp3) is 0. The monoisotopic (exact) mass is 931 g/mol. The fourth-order valence-electron chi connectivity index (χ4n) is 9.53. The van der Waals surface area contributed by atoms with Crippen molar-refractivity contribution in [2.75, 3.05) is 0 Å². The molecule has 12 aromatic rings. The van der Waals surface area contributed by atoms with Gasteiger partial charge in [0.25, 0.3) is 0 Å². The number of aromatic nitrogens is 5. The molecule has 72 heavy (non-hydrogen) atoms. The van der Waals surface area contributed by atoms with Gasteiger partial charge < -0.3 is 0 Å². The molecule has 0 radical (unpaired) electrons. The zero-order valence-electron chi connectivity index (χ0n) is 38.8. The van der Waals surface area contributed by atoms with Crippen LogP contribution in [0.15, 0.2) is 262 Å². The van der Waals surface area contributed by atoms with Crippen LogP contribution in [-0.2, 0) is 0 Å². The van der Waals surface area contributed by atoms with Gasteiger partial charge in [-0.1, -0.05) is 152 Å². The van der Waals surface area contributed by atoms with Gasteiger partial charge in [0.15, 0.2) is 0 Å². The van der Waals surface area contributed by atoms with Gasteiger partial charge in [0.05, 0.1) is 29.5 Å². The van der Waals surface area contributed by atoms with E-state index >= 15 is 8.78 Å². The number of pyridine rings is 1. The van der Waals surface area contributed by atoms with Crippen molar-refractivity contribution in [3.05, 3.63) is 273 Å². The van der Waals surface area contributed by atoms with Gasteiger partial charge in [-0.2, -0.15) is 10.2 Å². The van der Waals surface area contributed by atoms with Crippen LogP contribution < -0.4 is 0 Å². The second-order valence-corrected chi connectivity index (χ2v) is 17.7. The Kier molecular flexibility index (Phi) is 11.6. The van der Waals surface area contributed by atoms with Crippen molar-refractivity contribution in [3.8, 4) is 112 Å². The van der Waals surface area contributed by atoms with E-state index in [1.165, 1.54) is 23.3 Å². The minimum absolute atomic E-state index is 0.381. The van der Waals surface area contributed by atoms with E-state index in [2.05, 4.69) is 109 Å². The number of hydrogen-bond acceptors (Lipinski definition) is 3. The summed E-state index contributed by atoms with van der Waals surface area (Å²) in [7, 11) is 0. The third kappa shape index (κ3) is 8.83. The molecule has 5 nitrogen and oxygen atoms in total. The van der Waals surface area contributed by atoms with Gasteiger partial charge >= 0.3 is 0 Å². The summed E-state index contributed by atoms with van der Waals surface area (Å²) in [5.74, 6) is -0.761. The van der Waals surface area contributed by atoms with Crippen LogP contribution in [0.5, 0.6) is 0 Å². The lowest BCUT2D eigenvalue weighted by Gasteiger charge is -2.17. The smallest absolute Gasteiger partial charge is 0.123 e. The van der Waals surface area contributed by atoms with Crippen LogP contribution in [0.1, 0.15) is 0 Å². The first-order valence-corrected chi connectivity index (χ1v) is 23.8. The number of rotatable bonds is 11. The summed E-state index contributed by atoms with van der Waals surface area (Å²) >= 11 is 0. The summed E-state index contributed by atoms with van der Waals surface area (Å²) in [6.07, 6.45) is 9.43. The molecular formula is C65H43F2N5. The average molecular weight is 932 g/mol. The molecule has 3 heterocycles. The number of benzene rings is 9. The van der Waals surface area contributed by atoms with E-state index in [0.29, 0.717) is 11.1 Å². The highest BCUT2D eigenvalue weighted by molar-refractivity contribution is 5.94. The highest BCUT2D eigenvalue weighted by atomic mass is 19.1. The molecular weight excluding hydrogens is 889 g/mol. The summed E-state index contributed by atoms with van der Waals surface area (Å²) in [4.78, 5) is 5.04. The van der Waals surface area contributed by atoms with Gasteiger partial charge in [0.1, 0.15) is 11.6 Å². The molecule has 0 aliphatic heterocycles. The van der Waals surface area contributed by atoms with Gasteiger partial charge in [-0.15, -0.1) is 0 Å². The molecule has 0 aliphatic rings. The first kappa shape index (κ1) is 43.7. The molecule has 12 rings (SSSR count). The van der Waals surface area contributed by atoms with Crippen LogP contribution in [-0.4, -0.2) is 24.5 Å². The first-order valence-electron chi connectivity index (χ1n) is 23.8. The molecule has 0 amide bonds. The van der Waals surface area contributed by atoms with Crippen molar-refractivity contribution in [3.63, 3.8) is 0 Å². The Bertz CT molecular complexity index is 3720. The van der Waals surface area contributed by atoms with E-state index in [0.717, 1.165) is 89.4 Å². The predicted molar refractivity (Wildman–Crippen MR) is 287 cm³/mol. The van der Waals surface area contributed by atoms with Crippen molar-refractivity contribution in [2.24, 2.45) is 0 Å². The molecule has 0 spiro atoms. The summed E-state index contributed by atoms with van der Waals surface area (Å²) in [6, 6.07) is 75.6. The Morgan fingerprint density at radius 2 is 0.667 bits per heavy atom. The highest BCUT2D eigenvalue weighted by Crippen LogP contribution is 2.43. The van der Waals surface area contributed by atoms with Gasteiger partial charge in [-0.05, 0) is 151 Å². The van der Waals surface area contributed by atoms with Gasteiger partial charge in [0.2, 0.25) is 0 Å². The topological polar surface area (TPSA) is 48.5 Å². The number of para-hydroxylation sites is 2. The minimum Gasteiger partial charge on any atom is -0.256 e. The standard InChI is InChI=1S/C65H43F2N5/c66-55-28-30-61(53-40-69-71(42-53)57-17-6-2-7-18-57)63(37-55)51-34-50(35-52(36-51)64-38-56(67)29-31-62(64)54-41-70-72(43-54)58-19-8-3-9-20-58)60-22-11-10-21-59(60)49-27-32-65(68-39-49)48-16-12-15-47(33-48)46-25-23-45(24-26-46)44-13-4-1-5-14-44/h1-43H. The number of nitrogens with zero attached hydrogens (tertiary/aromatic N) is 5. The summed E-state index contributed by atoms with van der Waals surface area (Å²) in [5, 5.41) is 9.40. The van der Waals surface area contributed by atoms with Crippen molar-refractivity contribution in [2.45, 2.75) is 0 Å². The van der Waals surface area contributed by atoms with Crippen LogP contribution in [0.2, 0.25) is 0 Å². The van der Waals surface area contributed by atoms with Gasteiger partial charge in [-0.3, -0.25) is 4.98 Å². The SMILES string of the molecule is Fc1ccc(-c2cnn(-c3ccccc3)c2)c(-c2cc(-c3ccccc3-c3ccc(-c4cccc(-c5ccc(-c6ccccc6)cc5)c4)nc3)cc(-c3cc(F)ccc3-c3cnn(-c4ccccc4)c3)c2)c1. The van der Waals surface area contributed by atoms with Crippen LogP contribution >= 0.6 is 0 Å². The molecule has 0 atom stereocenters. The van der Waals surface area contributed by atoms with Crippen molar-refractivity contribution >= 4 is 0 Å². The van der Waals surface area contributed by atoms with Gasteiger partial charge in [-0.25, -0.2) is 18.1 Å². The predicted octanol–water partition coefficient (Wildman–Crippen LogP) is 16.7. The minimum atomic E-state index is -0.381. The molecule has 9 aromatic carbocycles. The maximum absolute atomic E-state index is 15.7. The summed E-state index contributed by atoms with van der Waals surface area (Å²) in [5.41, 5.74) is 18.0. The Hall–Kier alpha value is -9.59. The van der Waals surface area contributed by atoms with E-state index in [9.17, 15) is 0 Å². The number of hydrogen-bond donors (Lipinski definition) is 0. The Morgan fingerprint density at radius 1 is 0.264 bits per heavy atom. The molecule has 0 N–H and O–H groups in total. The van der Waals surface area contributed by atoms with Crippen LogP contribution in [0.4, 0.5) is 8.78 Å². The largest absolute Gasteiger partial charge is 0.256 e. The third-order valence-corrected chi connectivity index (χ3v) is 13.1. The first-order chi connectivity index (χ1) is 35.5. The van der Waals surface area contributed by atoms with Gasteiger partial charge in [0, 0.05) is 40.8 Å². The molecule has 0 unspecified atom stereocenters. The normalized spacial score (nSPS) is 11.2. The van der Waals surface area contributed by atoms with E-state index in [1.807, 2.05) is 113 Å². The lowest BCUT2D eigenvalue weighted by Crippen LogP contribution is -1.94. The average Bonchev–Trinajstić information content (AvgIpc) is 4.16. The molecule has 0 saturated heterocycles. The van der Waals surface area contributed by atoms with E-state index in [4.69, 9.17) is 15.2 Å². The van der Waals surface area contributed by atoms with E-state index in [1.54, 1.807) is 36.7 Å². The van der Waals surface area contributed by atoms with Crippen molar-refractivity contribution in [1.82, 2.24) is 24.5 Å². The van der Waals surface area contributed by atoms with Crippen molar-refractivity contribution in [1.29, 1.82) is 0 Å². The van der Waals surface area contributed by atoms with Crippen molar-refractivity contribution < 1.29 is 8.78 Å². The molecule has 0 bridgehead atoms. The second-order valence-electron chi connectivity index (χ2n) is 17.7. The van der Waals surface area contributed by atoms with Crippen LogP contribution in [0, 0.1) is 11.6 Å². The van der Waals surface area contributed by atoms with E-state index in [-0.39, 0.29) is 11.6 Å². The zero-order chi connectivity index (χ0) is 48.4. The maximum atomic E-state index is 15.7. The molecule has 342 valence electrons. The summed E-state index contributed by atoms with van der Waals surface area (Å²) < 4.78 is 35.0. The Labute approximate surface area is 416 Å².